The molecule has 0 aromatic heterocycles. The summed E-state index contributed by atoms with van der Waals surface area (Å²) >= 11 is 0. The fraction of sp³-hybridized carbons (Fsp3) is 0.550. The standard InChI is InChI=1S/C20H28N2O5/c1-20(2,3)15-10-6-7-11-16(15)27-12-17(23)21-22-18(24)13-8-4-5-9-14(13)19(25)26/h6-7,10-11,13-14H,4-5,8-9,12H2,1-3H3,(H,21,23)(H,22,24)(H,25,26). The molecule has 1 aliphatic carbocycles. The molecule has 0 bridgehead atoms. The van der Waals surface area contributed by atoms with Gasteiger partial charge in [-0.2, -0.15) is 0 Å². The molecule has 27 heavy (non-hydrogen) atoms. The third-order valence-electron chi connectivity index (χ3n) is 4.80. The van der Waals surface area contributed by atoms with Crippen LogP contribution in [0, 0.1) is 11.8 Å². The van der Waals surface area contributed by atoms with Crippen LogP contribution in [0.15, 0.2) is 24.3 Å². The summed E-state index contributed by atoms with van der Waals surface area (Å²) in [6.45, 7) is 5.91. The highest BCUT2D eigenvalue weighted by Gasteiger charge is 2.35. The quantitative estimate of drug-likeness (QED) is 0.685. The Labute approximate surface area is 159 Å². The lowest BCUT2D eigenvalue weighted by Gasteiger charge is -2.27. The van der Waals surface area contributed by atoms with Crippen molar-refractivity contribution in [2.24, 2.45) is 11.8 Å². The molecule has 0 saturated heterocycles. The molecule has 0 spiro atoms. The Morgan fingerprint density at radius 2 is 1.70 bits per heavy atom. The van der Waals surface area contributed by atoms with Crippen LogP contribution in [0.1, 0.15) is 52.0 Å². The van der Waals surface area contributed by atoms with Crippen LogP contribution in [-0.4, -0.2) is 29.5 Å². The van der Waals surface area contributed by atoms with Crippen LogP contribution in [0.25, 0.3) is 0 Å². The molecule has 1 aromatic carbocycles. The van der Waals surface area contributed by atoms with E-state index in [4.69, 9.17) is 4.74 Å². The Balaban J connectivity index is 1.86. The molecule has 148 valence electrons. The number of ether oxygens (including phenoxy) is 1. The van der Waals surface area contributed by atoms with E-state index in [0.29, 0.717) is 18.6 Å². The minimum atomic E-state index is -0.969. The summed E-state index contributed by atoms with van der Waals surface area (Å²) in [7, 11) is 0. The van der Waals surface area contributed by atoms with Crippen molar-refractivity contribution in [1.29, 1.82) is 0 Å². The van der Waals surface area contributed by atoms with Crippen LogP contribution in [0.2, 0.25) is 0 Å². The average Bonchev–Trinajstić information content (AvgIpc) is 2.63. The predicted molar refractivity (Wildman–Crippen MR) is 100 cm³/mol. The van der Waals surface area contributed by atoms with Gasteiger partial charge in [0.25, 0.3) is 5.91 Å². The zero-order valence-corrected chi connectivity index (χ0v) is 16.1. The second kappa shape index (κ2) is 8.88. The van der Waals surface area contributed by atoms with Gasteiger partial charge >= 0.3 is 5.97 Å². The summed E-state index contributed by atoms with van der Waals surface area (Å²) in [5, 5.41) is 9.25. The van der Waals surface area contributed by atoms with Gasteiger partial charge in [0.15, 0.2) is 6.61 Å². The molecule has 1 aliphatic rings. The maximum atomic E-state index is 12.2. The number of amides is 2. The Hall–Kier alpha value is -2.57. The lowest BCUT2D eigenvalue weighted by atomic mass is 9.79. The van der Waals surface area contributed by atoms with Gasteiger partial charge in [0, 0.05) is 0 Å². The van der Waals surface area contributed by atoms with Crippen LogP contribution < -0.4 is 15.6 Å². The molecule has 0 aliphatic heterocycles. The van der Waals surface area contributed by atoms with Crippen LogP contribution in [0.4, 0.5) is 0 Å². The summed E-state index contributed by atoms with van der Waals surface area (Å²) in [5.74, 6) is -2.65. The molecule has 1 saturated carbocycles. The van der Waals surface area contributed by atoms with Gasteiger partial charge < -0.3 is 9.84 Å². The highest BCUT2D eigenvalue weighted by atomic mass is 16.5. The number of carboxylic acids is 1. The second-order valence-electron chi connectivity index (χ2n) is 7.91. The molecule has 1 fully saturated rings. The van der Waals surface area contributed by atoms with Gasteiger partial charge in [0.1, 0.15) is 5.75 Å². The third kappa shape index (κ3) is 5.70. The van der Waals surface area contributed by atoms with Gasteiger partial charge in [-0.25, -0.2) is 0 Å². The number of hydrazine groups is 1. The van der Waals surface area contributed by atoms with Crippen molar-refractivity contribution < 1.29 is 24.2 Å². The number of carbonyl (C=O) groups is 3. The van der Waals surface area contributed by atoms with Gasteiger partial charge in [-0.3, -0.25) is 25.2 Å². The normalized spacial score (nSPS) is 19.8. The fourth-order valence-corrected chi connectivity index (χ4v) is 3.36. The largest absolute Gasteiger partial charge is 0.483 e. The van der Waals surface area contributed by atoms with Crippen molar-refractivity contribution >= 4 is 17.8 Å². The van der Waals surface area contributed by atoms with E-state index in [1.165, 1.54) is 0 Å². The highest BCUT2D eigenvalue weighted by Crippen LogP contribution is 2.31. The van der Waals surface area contributed by atoms with E-state index in [-0.39, 0.29) is 12.0 Å². The summed E-state index contributed by atoms with van der Waals surface area (Å²) in [4.78, 5) is 35.6. The second-order valence-corrected chi connectivity index (χ2v) is 7.91. The lowest BCUT2D eigenvalue weighted by molar-refractivity contribution is -0.149. The number of carbonyl (C=O) groups excluding carboxylic acids is 2. The van der Waals surface area contributed by atoms with E-state index in [0.717, 1.165) is 18.4 Å². The van der Waals surface area contributed by atoms with Crippen molar-refractivity contribution in [2.75, 3.05) is 6.61 Å². The van der Waals surface area contributed by atoms with E-state index < -0.39 is 29.6 Å². The van der Waals surface area contributed by atoms with E-state index in [1.807, 2.05) is 18.2 Å². The fourth-order valence-electron chi connectivity index (χ4n) is 3.36. The van der Waals surface area contributed by atoms with E-state index >= 15 is 0 Å². The van der Waals surface area contributed by atoms with Crippen LogP contribution in [-0.2, 0) is 19.8 Å². The van der Waals surface area contributed by atoms with Gasteiger partial charge in [0.05, 0.1) is 11.8 Å². The number of aliphatic carboxylic acids is 1. The Kier molecular flexibility index (Phi) is 6.82. The number of para-hydroxylation sites is 1. The first-order chi connectivity index (χ1) is 12.7. The van der Waals surface area contributed by atoms with Crippen molar-refractivity contribution in [2.45, 2.75) is 51.9 Å². The number of carboxylic acid groups (broad SMARTS) is 1. The Morgan fingerprint density at radius 3 is 2.33 bits per heavy atom. The first-order valence-electron chi connectivity index (χ1n) is 9.24. The maximum absolute atomic E-state index is 12.2. The summed E-state index contributed by atoms with van der Waals surface area (Å²) < 4.78 is 5.61. The molecular formula is C20H28N2O5. The van der Waals surface area contributed by atoms with Crippen LogP contribution >= 0.6 is 0 Å². The summed E-state index contributed by atoms with van der Waals surface area (Å²) in [6, 6.07) is 7.49. The molecule has 3 N–H and O–H groups in total. The first kappa shape index (κ1) is 20.7. The molecule has 1 aromatic rings. The van der Waals surface area contributed by atoms with Crippen LogP contribution in [0.5, 0.6) is 5.75 Å². The molecule has 7 heteroatoms. The summed E-state index contributed by atoms with van der Waals surface area (Å²) in [6.07, 6.45) is 2.60. The number of benzene rings is 1. The van der Waals surface area contributed by atoms with Crippen molar-refractivity contribution in [3.8, 4) is 5.75 Å². The maximum Gasteiger partial charge on any atom is 0.307 e. The minimum Gasteiger partial charge on any atom is -0.483 e. The van der Waals surface area contributed by atoms with E-state index in [1.54, 1.807) is 6.07 Å². The van der Waals surface area contributed by atoms with Crippen molar-refractivity contribution in [1.82, 2.24) is 10.9 Å². The zero-order chi connectivity index (χ0) is 20.0. The molecule has 2 atom stereocenters. The number of hydrogen-bond acceptors (Lipinski definition) is 4. The number of nitrogens with one attached hydrogen (secondary N) is 2. The topological polar surface area (TPSA) is 105 Å². The van der Waals surface area contributed by atoms with Crippen LogP contribution in [0.3, 0.4) is 0 Å². The molecule has 0 radical (unpaired) electrons. The Bertz CT molecular complexity index is 696. The third-order valence-corrected chi connectivity index (χ3v) is 4.80. The zero-order valence-electron chi connectivity index (χ0n) is 16.1. The van der Waals surface area contributed by atoms with Gasteiger partial charge in [-0.05, 0) is 29.9 Å². The van der Waals surface area contributed by atoms with Gasteiger partial charge in [-0.15, -0.1) is 0 Å². The monoisotopic (exact) mass is 376 g/mol. The van der Waals surface area contributed by atoms with Crippen molar-refractivity contribution in [3.63, 3.8) is 0 Å². The number of hydrogen-bond donors (Lipinski definition) is 3. The van der Waals surface area contributed by atoms with Gasteiger partial charge in [-0.1, -0.05) is 51.8 Å². The minimum absolute atomic E-state index is 0.131. The van der Waals surface area contributed by atoms with E-state index in [9.17, 15) is 19.5 Å². The molecular weight excluding hydrogens is 348 g/mol. The predicted octanol–water partition coefficient (Wildman–Crippen LogP) is 2.40. The SMILES string of the molecule is CC(C)(C)c1ccccc1OCC(=O)NNC(=O)C1CCCCC1C(=O)O. The molecule has 2 rings (SSSR count). The molecule has 2 amide bonds. The number of rotatable bonds is 5. The Morgan fingerprint density at radius 1 is 1.07 bits per heavy atom. The summed E-state index contributed by atoms with van der Waals surface area (Å²) in [5.41, 5.74) is 5.50. The van der Waals surface area contributed by atoms with Gasteiger partial charge in [0.2, 0.25) is 5.91 Å². The molecule has 2 unspecified atom stereocenters. The highest BCUT2D eigenvalue weighted by molar-refractivity contribution is 5.87. The van der Waals surface area contributed by atoms with Crippen molar-refractivity contribution in [3.05, 3.63) is 29.8 Å². The van der Waals surface area contributed by atoms with E-state index in [2.05, 4.69) is 31.6 Å². The lowest BCUT2D eigenvalue weighted by Crippen LogP contribution is -2.49. The molecule has 0 heterocycles. The average molecular weight is 376 g/mol. The first-order valence-corrected chi connectivity index (χ1v) is 9.24. The smallest absolute Gasteiger partial charge is 0.307 e. The molecule has 7 nitrogen and oxygen atoms in total.